The summed E-state index contributed by atoms with van der Waals surface area (Å²) in [5.74, 6) is 0.423. The van der Waals surface area contributed by atoms with Gasteiger partial charge < -0.3 is 14.0 Å². The van der Waals surface area contributed by atoms with Gasteiger partial charge in [-0.05, 0) is 25.1 Å². The Morgan fingerprint density at radius 2 is 1.88 bits per heavy atom. The Balaban J connectivity index is 1.51. The fourth-order valence-electron chi connectivity index (χ4n) is 2.16. The topological polar surface area (TPSA) is 61.6 Å². The lowest BCUT2D eigenvalue weighted by Crippen LogP contribution is -2.15. The van der Waals surface area contributed by atoms with Gasteiger partial charge in [-0.25, -0.2) is 4.79 Å². The number of benzene rings is 2. The minimum absolute atomic E-state index is 0.00803. The average Bonchev–Trinajstić information content (AvgIpc) is 3.09. The van der Waals surface area contributed by atoms with E-state index >= 15 is 0 Å². The van der Waals surface area contributed by atoms with E-state index in [1.807, 2.05) is 31.2 Å². The largest absolute Gasteiger partial charge is 0.480 e. The second kappa shape index (κ2) is 8.25. The molecule has 0 spiro atoms. The van der Waals surface area contributed by atoms with Gasteiger partial charge in [0.1, 0.15) is 18.1 Å². The van der Waals surface area contributed by atoms with Crippen LogP contribution in [0.2, 0.25) is 10.0 Å². The Hall–Kier alpha value is -2.50. The molecule has 0 amide bonds. The van der Waals surface area contributed by atoms with Gasteiger partial charge in [0, 0.05) is 16.7 Å². The van der Waals surface area contributed by atoms with Crippen LogP contribution in [0.4, 0.5) is 0 Å². The molecule has 1 heterocycles. The first-order valence-electron chi connectivity index (χ1n) is 7.77. The van der Waals surface area contributed by atoms with Crippen molar-refractivity contribution >= 4 is 29.2 Å². The third kappa shape index (κ3) is 4.77. The molecule has 0 radical (unpaired) electrons. The van der Waals surface area contributed by atoms with E-state index in [1.54, 1.807) is 18.2 Å². The number of carbonyl (C=O) groups is 1. The number of hydrogen-bond acceptors (Lipinski definition) is 5. The van der Waals surface area contributed by atoms with E-state index in [1.165, 1.54) is 6.07 Å². The van der Waals surface area contributed by atoms with Gasteiger partial charge in [0.15, 0.2) is 12.4 Å². The summed E-state index contributed by atoms with van der Waals surface area (Å²) < 4.78 is 15.7. The van der Waals surface area contributed by atoms with E-state index < -0.39 is 5.97 Å². The number of nitrogens with zero attached hydrogens (tertiary/aromatic N) is 1. The zero-order valence-electron chi connectivity index (χ0n) is 13.9. The van der Waals surface area contributed by atoms with Gasteiger partial charge in [0.05, 0.1) is 5.02 Å². The van der Waals surface area contributed by atoms with Gasteiger partial charge in [0.2, 0.25) is 0 Å². The van der Waals surface area contributed by atoms with Crippen molar-refractivity contribution in [1.29, 1.82) is 0 Å². The van der Waals surface area contributed by atoms with Crippen LogP contribution in [-0.4, -0.2) is 17.7 Å². The highest BCUT2D eigenvalue weighted by molar-refractivity contribution is 6.35. The van der Waals surface area contributed by atoms with Crippen LogP contribution >= 0.6 is 23.2 Å². The molecule has 5 nitrogen and oxygen atoms in total. The van der Waals surface area contributed by atoms with Gasteiger partial charge >= 0.3 is 5.97 Å². The molecule has 0 bridgehead atoms. The van der Waals surface area contributed by atoms with E-state index in [0.717, 1.165) is 11.1 Å². The van der Waals surface area contributed by atoms with Crippen LogP contribution in [-0.2, 0) is 16.1 Å². The molecule has 7 heteroatoms. The second-order valence-electron chi connectivity index (χ2n) is 5.57. The monoisotopic (exact) mass is 391 g/mol. The van der Waals surface area contributed by atoms with Crippen LogP contribution in [0.1, 0.15) is 11.3 Å². The summed E-state index contributed by atoms with van der Waals surface area (Å²) >= 11 is 11.8. The second-order valence-corrected chi connectivity index (χ2v) is 6.42. The van der Waals surface area contributed by atoms with Crippen LogP contribution < -0.4 is 4.74 Å². The van der Waals surface area contributed by atoms with Crippen molar-refractivity contribution < 1.29 is 18.8 Å². The minimum Gasteiger partial charge on any atom is -0.480 e. The highest BCUT2D eigenvalue weighted by Gasteiger charge is 2.11. The van der Waals surface area contributed by atoms with E-state index in [4.69, 9.17) is 37.2 Å². The summed E-state index contributed by atoms with van der Waals surface area (Å²) in [6.45, 7) is 1.73. The maximum Gasteiger partial charge on any atom is 0.344 e. The fraction of sp³-hybridized carbons (Fsp3) is 0.158. The number of halogens is 2. The normalized spacial score (nSPS) is 10.6. The van der Waals surface area contributed by atoms with E-state index in [-0.39, 0.29) is 13.2 Å². The summed E-state index contributed by atoms with van der Waals surface area (Å²) in [5, 5.41) is 4.71. The standard InChI is InChI=1S/C19H15Cl2NO4/c1-12-2-4-13(5-3-12)18-9-15(22-26-18)10-25-19(23)11-24-17-7-6-14(20)8-16(17)21/h2-9H,10-11H2,1H3. The number of hydrogen-bond donors (Lipinski definition) is 0. The third-order valence-corrected chi connectivity index (χ3v) is 4.05. The zero-order chi connectivity index (χ0) is 18.5. The molecule has 0 saturated heterocycles. The van der Waals surface area contributed by atoms with Crippen molar-refractivity contribution in [2.24, 2.45) is 0 Å². The predicted octanol–water partition coefficient (Wildman–Crippen LogP) is 5.08. The molecule has 0 aliphatic carbocycles. The zero-order valence-corrected chi connectivity index (χ0v) is 15.4. The number of ether oxygens (including phenoxy) is 2. The van der Waals surface area contributed by atoms with Crippen LogP contribution in [0, 0.1) is 6.92 Å². The first-order chi connectivity index (χ1) is 12.5. The molecule has 134 valence electrons. The van der Waals surface area contributed by atoms with Crippen molar-refractivity contribution in [3.8, 4) is 17.1 Å². The van der Waals surface area contributed by atoms with Gasteiger partial charge in [-0.3, -0.25) is 0 Å². The first kappa shape index (κ1) is 18.3. The molecule has 0 unspecified atom stereocenters. The summed E-state index contributed by atoms with van der Waals surface area (Å²) in [6, 6.07) is 14.3. The summed E-state index contributed by atoms with van der Waals surface area (Å²) in [4.78, 5) is 11.8. The van der Waals surface area contributed by atoms with Gasteiger partial charge in [-0.2, -0.15) is 0 Å². The Kier molecular flexibility index (Phi) is 5.81. The third-order valence-electron chi connectivity index (χ3n) is 3.52. The molecule has 3 aromatic rings. The predicted molar refractivity (Wildman–Crippen MR) is 98.4 cm³/mol. The molecule has 0 atom stereocenters. The van der Waals surface area contributed by atoms with Crippen molar-refractivity contribution in [1.82, 2.24) is 5.16 Å². The van der Waals surface area contributed by atoms with Crippen molar-refractivity contribution in [2.45, 2.75) is 13.5 Å². The van der Waals surface area contributed by atoms with Gasteiger partial charge in [-0.15, -0.1) is 0 Å². The maximum atomic E-state index is 11.8. The molecule has 0 aliphatic heterocycles. The molecule has 0 saturated carbocycles. The molecule has 26 heavy (non-hydrogen) atoms. The van der Waals surface area contributed by atoms with Crippen LogP contribution in [0.3, 0.4) is 0 Å². The van der Waals surface area contributed by atoms with Crippen molar-refractivity contribution in [2.75, 3.05) is 6.61 Å². The number of aryl methyl sites for hydroxylation is 1. The molecule has 2 aromatic carbocycles. The SMILES string of the molecule is Cc1ccc(-c2cc(COC(=O)COc3ccc(Cl)cc3Cl)no2)cc1. The first-order valence-corrected chi connectivity index (χ1v) is 8.53. The average molecular weight is 392 g/mol. The van der Waals surface area contributed by atoms with Crippen molar-refractivity contribution in [3.63, 3.8) is 0 Å². The fourth-order valence-corrected chi connectivity index (χ4v) is 2.62. The lowest BCUT2D eigenvalue weighted by Gasteiger charge is -2.07. The van der Waals surface area contributed by atoms with E-state index in [2.05, 4.69) is 5.16 Å². The lowest BCUT2D eigenvalue weighted by molar-refractivity contribution is -0.147. The molecule has 1 aromatic heterocycles. The highest BCUT2D eigenvalue weighted by atomic mass is 35.5. The van der Waals surface area contributed by atoms with Crippen molar-refractivity contribution in [3.05, 3.63) is 69.8 Å². The molecular formula is C19H15Cl2NO4. The Morgan fingerprint density at radius 1 is 1.12 bits per heavy atom. The summed E-state index contributed by atoms with van der Waals surface area (Å²) in [5.41, 5.74) is 2.57. The van der Waals surface area contributed by atoms with E-state index in [9.17, 15) is 4.79 Å². The Morgan fingerprint density at radius 3 is 2.62 bits per heavy atom. The minimum atomic E-state index is -0.545. The highest BCUT2D eigenvalue weighted by Crippen LogP contribution is 2.27. The summed E-state index contributed by atoms with van der Waals surface area (Å²) in [6.07, 6.45) is 0. The molecular weight excluding hydrogens is 377 g/mol. The maximum absolute atomic E-state index is 11.8. The van der Waals surface area contributed by atoms with Crippen LogP contribution in [0.15, 0.2) is 53.1 Å². The van der Waals surface area contributed by atoms with Crippen LogP contribution in [0.25, 0.3) is 11.3 Å². The Labute approximate surface area is 160 Å². The summed E-state index contributed by atoms with van der Waals surface area (Å²) in [7, 11) is 0. The number of carbonyl (C=O) groups excluding carboxylic acids is 1. The van der Waals surface area contributed by atoms with Gasteiger partial charge in [-0.1, -0.05) is 58.2 Å². The van der Waals surface area contributed by atoms with Crippen LogP contribution in [0.5, 0.6) is 5.75 Å². The molecule has 0 N–H and O–H groups in total. The quantitative estimate of drug-likeness (QED) is 0.548. The number of aromatic nitrogens is 1. The molecule has 3 rings (SSSR count). The smallest absolute Gasteiger partial charge is 0.344 e. The van der Waals surface area contributed by atoms with Gasteiger partial charge in [0.25, 0.3) is 0 Å². The van der Waals surface area contributed by atoms with E-state index in [0.29, 0.717) is 27.2 Å². The number of rotatable bonds is 6. The Bertz CT molecular complexity index is 906. The number of esters is 1. The molecule has 0 fully saturated rings. The molecule has 0 aliphatic rings. The lowest BCUT2D eigenvalue weighted by atomic mass is 10.1.